The lowest BCUT2D eigenvalue weighted by atomic mass is 10.1. The number of aromatic amines is 1. The van der Waals surface area contributed by atoms with Crippen molar-refractivity contribution >= 4 is 10.9 Å². The van der Waals surface area contributed by atoms with Crippen LogP contribution >= 0.6 is 0 Å². The van der Waals surface area contributed by atoms with Crippen molar-refractivity contribution in [3.63, 3.8) is 0 Å². The van der Waals surface area contributed by atoms with E-state index in [1.807, 2.05) is 12.1 Å². The number of fused-ring (bicyclic) bond motifs is 1. The van der Waals surface area contributed by atoms with Crippen LogP contribution in [0.2, 0.25) is 0 Å². The molecule has 4 nitrogen and oxygen atoms in total. The van der Waals surface area contributed by atoms with Gasteiger partial charge in [0.15, 0.2) is 5.43 Å². The molecule has 2 aromatic heterocycles. The van der Waals surface area contributed by atoms with E-state index in [1.165, 1.54) is 18.2 Å². The molecule has 0 fully saturated rings. The summed E-state index contributed by atoms with van der Waals surface area (Å²) in [5, 5.41) is 3.80. The lowest BCUT2D eigenvalue weighted by Gasteiger charge is -2.17. The van der Waals surface area contributed by atoms with E-state index in [4.69, 9.17) is 0 Å². The van der Waals surface area contributed by atoms with Crippen LogP contribution in [-0.2, 0) is 6.54 Å². The highest BCUT2D eigenvalue weighted by molar-refractivity contribution is 5.78. The Morgan fingerprint density at radius 1 is 1.22 bits per heavy atom. The van der Waals surface area contributed by atoms with Crippen LogP contribution in [0, 0.1) is 5.82 Å². The van der Waals surface area contributed by atoms with Crippen LogP contribution in [0.25, 0.3) is 10.9 Å². The molecule has 0 spiro atoms. The Bertz CT molecular complexity index is 861. The first-order valence-corrected chi connectivity index (χ1v) is 7.62. The number of rotatable bonds is 5. The monoisotopic (exact) mass is 311 g/mol. The first-order valence-electron chi connectivity index (χ1n) is 7.62. The molecule has 2 heterocycles. The van der Waals surface area contributed by atoms with Gasteiger partial charge in [-0.15, -0.1) is 0 Å². The minimum atomic E-state index is -0.405. The van der Waals surface area contributed by atoms with Gasteiger partial charge in [-0.05, 0) is 42.3 Å². The van der Waals surface area contributed by atoms with Gasteiger partial charge in [-0.2, -0.15) is 0 Å². The Labute approximate surface area is 133 Å². The highest BCUT2D eigenvalue weighted by atomic mass is 19.1. The predicted molar refractivity (Wildman–Crippen MR) is 88.6 cm³/mol. The number of hydrogen-bond donors (Lipinski definition) is 2. The second-order valence-corrected chi connectivity index (χ2v) is 5.47. The highest BCUT2D eigenvalue weighted by Crippen LogP contribution is 2.16. The van der Waals surface area contributed by atoms with Gasteiger partial charge < -0.3 is 10.3 Å². The largest absolute Gasteiger partial charge is 0.357 e. The van der Waals surface area contributed by atoms with Gasteiger partial charge in [0, 0.05) is 47.6 Å². The second-order valence-electron chi connectivity index (χ2n) is 5.47. The Morgan fingerprint density at radius 3 is 2.74 bits per heavy atom. The summed E-state index contributed by atoms with van der Waals surface area (Å²) >= 11 is 0. The minimum Gasteiger partial charge on any atom is -0.357 e. The van der Waals surface area contributed by atoms with Gasteiger partial charge in [0.25, 0.3) is 0 Å². The summed E-state index contributed by atoms with van der Waals surface area (Å²) in [6, 6.07) is 9.87. The van der Waals surface area contributed by atoms with Crippen molar-refractivity contribution < 1.29 is 4.39 Å². The van der Waals surface area contributed by atoms with Gasteiger partial charge in [-0.3, -0.25) is 9.78 Å². The van der Waals surface area contributed by atoms with E-state index in [9.17, 15) is 9.18 Å². The minimum absolute atomic E-state index is 0.174. The van der Waals surface area contributed by atoms with E-state index < -0.39 is 5.82 Å². The molecule has 118 valence electrons. The molecule has 3 aromatic rings. The number of nitrogens with zero attached hydrogens (tertiary/aromatic N) is 1. The maximum absolute atomic E-state index is 13.2. The van der Waals surface area contributed by atoms with Crippen molar-refractivity contribution in [3.05, 3.63) is 76.1 Å². The average molecular weight is 311 g/mol. The van der Waals surface area contributed by atoms with Gasteiger partial charge >= 0.3 is 0 Å². The van der Waals surface area contributed by atoms with Gasteiger partial charge in [0.1, 0.15) is 5.82 Å². The summed E-state index contributed by atoms with van der Waals surface area (Å²) in [7, 11) is 0. The molecule has 0 radical (unpaired) electrons. The second kappa shape index (κ2) is 6.71. The molecule has 0 saturated heterocycles. The Morgan fingerprint density at radius 2 is 2.00 bits per heavy atom. The van der Waals surface area contributed by atoms with Crippen molar-refractivity contribution in [1.29, 1.82) is 0 Å². The van der Waals surface area contributed by atoms with Crippen molar-refractivity contribution in [2.45, 2.75) is 25.9 Å². The molecule has 5 heteroatoms. The molecule has 1 aromatic carbocycles. The van der Waals surface area contributed by atoms with Crippen LogP contribution in [0.3, 0.4) is 0 Å². The summed E-state index contributed by atoms with van der Waals surface area (Å²) in [4.78, 5) is 19.3. The topological polar surface area (TPSA) is 57.8 Å². The van der Waals surface area contributed by atoms with Gasteiger partial charge in [0.05, 0.1) is 0 Å². The van der Waals surface area contributed by atoms with Gasteiger partial charge in [0.2, 0.25) is 0 Å². The average Bonchev–Trinajstić information content (AvgIpc) is 2.57. The Hall–Kier alpha value is -2.53. The summed E-state index contributed by atoms with van der Waals surface area (Å²) in [5.74, 6) is -0.405. The number of hydrogen-bond acceptors (Lipinski definition) is 3. The smallest absolute Gasteiger partial charge is 0.189 e. The van der Waals surface area contributed by atoms with Crippen LogP contribution < -0.4 is 10.7 Å². The molecule has 0 amide bonds. The Kier molecular flexibility index (Phi) is 4.48. The predicted octanol–water partition coefficient (Wildman–Crippen LogP) is 3.30. The van der Waals surface area contributed by atoms with E-state index in [2.05, 4.69) is 22.2 Å². The number of pyridine rings is 2. The molecule has 0 bridgehead atoms. The molecule has 0 aliphatic rings. The summed E-state index contributed by atoms with van der Waals surface area (Å²) in [5.41, 5.74) is 2.41. The normalized spacial score (nSPS) is 12.4. The number of halogens is 1. The fourth-order valence-electron chi connectivity index (χ4n) is 2.70. The van der Waals surface area contributed by atoms with Gasteiger partial charge in [-0.1, -0.05) is 6.92 Å². The molecule has 23 heavy (non-hydrogen) atoms. The lowest BCUT2D eigenvalue weighted by molar-refractivity contribution is 0.514. The maximum Gasteiger partial charge on any atom is 0.189 e. The summed E-state index contributed by atoms with van der Waals surface area (Å²) in [6.45, 7) is 2.63. The molecule has 1 unspecified atom stereocenters. The highest BCUT2D eigenvalue weighted by Gasteiger charge is 2.09. The molecule has 0 aliphatic heterocycles. The molecule has 0 saturated carbocycles. The number of H-pyrrole nitrogens is 1. The number of nitrogens with one attached hydrogen (secondary N) is 2. The fourth-order valence-corrected chi connectivity index (χ4v) is 2.70. The molecule has 0 aliphatic carbocycles. The molecule has 1 atom stereocenters. The number of benzene rings is 1. The van der Waals surface area contributed by atoms with E-state index in [1.54, 1.807) is 18.5 Å². The van der Waals surface area contributed by atoms with Crippen molar-refractivity contribution in [1.82, 2.24) is 15.3 Å². The Balaban J connectivity index is 1.81. The standard InChI is InChI=1S/C18H18FN3O/c1-2-16(12-5-7-20-8-6-12)21-11-14-10-18(23)15-9-13(19)3-4-17(15)22-14/h3-10,16,21H,2,11H2,1H3,(H,22,23). The maximum atomic E-state index is 13.2. The van der Waals surface area contributed by atoms with Crippen LogP contribution in [0.15, 0.2) is 53.6 Å². The third-order valence-electron chi connectivity index (χ3n) is 3.90. The van der Waals surface area contributed by atoms with E-state index >= 15 is 0 Å². The number of aromatic nitrogens is 2. The quantitative estimate of drug-likeness (QED) is 0.760. The molecular formula is C18H18FN3O. The fraction of sp³-hybridized carbons (Fsp3) is 0.222. The van der Waals surface area contributed by atoms with Gasteiger partial charge in [-0.25, -0.2) is 4.39 Å². The lowest BCUT2D eigenvalue weighted by Crippen LogP contribution is -2.22. The summed E-state index contributed by atoms with van der Waals surface area (Å²) < 4.78 is 13.2. The zero-order valence-corrected chi connectivity index (χ0v) is 12.8. The SMILES string of the molecule is CCC(NCc1cc(=O)c2cc(F)ccc2[nH]1)c1ccncc1. The third-order valence-corrected chi connectivity index (χ3v) is 3.90. The molecular weight excluding hydrogens is 293 g/mol. The zero-order valence-electron chi connectivity index (χ0n) is 12.8. The van der Waals surface area contributed by atoms with E-state index in [0.29, 0.717) is 17.4 Å². The molecule has 3 rings (SSSR count). The third kappa shape index (κ3) is 3.46. The van der Waals surface area contributed by atoms with Crippen LogP contribution in [-0.4, -0.2) is 9.97 Å². The van der Waals surface area contributed by atoms with Crippen molar-refractivity contribution in [3.8, 4) is 0 Å². The molecule has 2 N–H and O–H groups in total. The summed E-state index contributed by atoms with van der Waals surface area (Å²) in [6.07, 6.45) is 4.46. The van der Waals surface area contributed by atoms with Crippen LogP contribution in [0.5, 0.6) is 0 Å². The van der Waals surface area contributed by atoms with E-state index in [-0.39, 0.29) is 11.5 Å². The van der Waals surface area contributed by atoms with Crippen LogP contribution in [0.4, 0.5) is 4.39 Å². The first-order chi connectivity index (χ1) is 11.2. The first kappa shape index (κ1) is 15.4. The van der Waals surface area contributed by atoms with Crippen molar-refractivity contribution in [2.24, 2.45) is 0 Å². The van der Waals surface area contributed by atoms with Crippen LogP contribution in [0.1, 0.15) is 30.6 Å². The van der Waals surface area contributed by atoms with E-state index in [0.717, 1.165) is 17.7 Å². The zero-order chi connectivity index (χ0) is 16.2. The van der Waals surface area contributed by atoms with Crippen molar-refractivity contribution in [2.75, 3.05) is 0 Å².